The Kier molecular flexibility index (Phi) is 2.15. The van der Waals surface area contributed by atoms with Crippen LogP contribution in [0.1, 0.15) is 0 Å². The van der Waals surface area contributed by atoms with Gasteiger partial charge in [-0.1, -0.05) is 5.16 Å². The Morgan fingerprint density at radius 2 is 1.94 bits per heavy atom. The highest BCUT2D eigenvalue weighted by Gasteiger charge is 2.18. The lowest BCUT2D eigenvalue weighted by Gasteiger charge is -1.99. The zero-order valence-electron chi connectivity index (χ0n) is 8.83. The first-order valence-corrected chi connectivity index (χ1v) is 5.05. The van der Waals surface area contributed by atoms with E-state index < -0.39 is 0 Å². The van der Waals surface area contributed by atoms with Crippen LogP contribution in [-0.2, 0) is 0 Å². The predicted octanol–water partition coefficient (Wildman–Crippen LogP) is 2.58. The molecule has 2 N–H and O–H groups in total. The number of furan rings is 1. The summed E-state index contributed by atoms with van der Waals surface area (Å²) in [5.41, 5.74) is 8.00. The molecule has 0 spiro atoms. The van der Waals surface area contributed by atoms with Crippen LogP contribution in [0.5, 0.6) is 0 Å². The van der Waals surface area contributed by atoms with Gasteiger partial charge in [-0.15, -0.1) is 0 Å². The van der Waals surface area contributed by atoms with Gasteiger partial charge in [-0.3, -0.25) is 4.98 Å². The summed E-state index contributed by atoms with van der Waals surface area (Å²) < 4.78 is 10.3. The van der Waals surface area contributed by atoms with Crippen LogP contribution < -0.4 is 5.73 Å². The smallest absolute Gasteiger partial charge is 0.230 e. The molecular weight excluding hydrogens is 218 g/mol. The third-order valence-electron chi connectivity index (χ3n) is 2.44. The fraction of sp³-hybridized carbons (Fsp3) is 0. The first-order chi connectivity index (χ1) is 8.36. The van der Waals surface area contributed by atoms with Crippen molar-refractivity contribution in [1.82, 2.24) is 10.1 Å². The Balaban J connectivity index is 2.20. The molecule has 0 radical (unpaired) electrons. The van der Waals surface area contributed by atoms with Gasteiger partial charge in [0.15, 0.2) is 11.5 Å². The molecule has 0 unspecified atom stereocenters. The van der Waals surface area contributed by atoms with Gasteiger partial charge in [0.1, 0.15) is 0 Å². The maximum Gasteiger partial charge on any atom is 0.230 e. The molecule has 3 heterocycles. The predicted molar refractivity (Wildman–Crippen MR) is 61.8 cm³/mol. The molecule has 3 rings (SSSR count). The minimum atomic E-state index is 0.266. The summed E-state index contributed by atoms with van der Waals surface area (Å²) >= 11 is 0. The molecule has 0 saturated heterocycles. The first-order valence-electron chi connectivity index (χ1n) is 5.05. The van der Waals surface area contributed by atoms with E-state index >= 15 is 0 Å². The number of rotatable bonds is 2. The van der Waals surface area contributed by atoms with Crippen LogP contribution in [0.25, 0.3) is 22.6 Å². The number of aromatic nitrogens is 2. The van der Waals surface area contributed by atoms with E-state index in [0.717, 1.165) is 11.1 Å². The van der Waals surface area contributed by atoms with Gasteiger partial charge >= 0.3 is 0 Å². The summed E-state index contributed by atoms with van der Waals surface area (Å²) in [6.07, 6.45) is 4.96. The Bertz CT molecular complexity index is 615. The summed E-state index contributed by atoms with van der Waals surface area (Å²) in [6.45, 7) is 0. The van der Waals surface area contributed by atoms with E-state index in [1.54, 1.807) is 24.7 Å². The molecule has 0 aliphatic rings. The lowest BCUT2D eigenvalue weighted by Crippen LogP contribution is -1.87. The number of nitrogen functional groups attached to an aromatic ring is 1. The Labute approximate surface area is 96.9 Å². The zero-order valence-corrected chi connectivity index (χ0v) is 8.83. The van der Waals surface area contributed by atoms with Gasteiger partial charge < -0.3 is 14.7 Å². The quantitative estimate of drug-likeness (QED) is 0.727. The molecule has 3 aromatic heterocycles. The fourth-order valence-electron chi connectivity index (χ4n) is 1.68. The molecule has 3 aromatic rings. The van der Waals surface area contributed by atoms with Crippen LogP contribution in [0.4, 0.5) is 5.88 Å². The van der Waals surface area contributed by atoms with Crippen molar-refractivity contribution >= 4 is 5.88 Å². The van der Waals surface area contributed by atoms with Crippen molar-refractivity contribution in [1.29, 1.82) is 0 Å². The van der Waals surface area contributed by atoms with Crippen molar-refractivity contribution in [3.8, 4) is 22.6 Å². The highest BCUT2D eigenvalue weighted by Crippen LogP contribution is 2.35. The lowest BCUT2D eigenvalue weighted by atomic mass is 10.1. The van der Waals surface area contributed by atoms with Gasteiger partial charge in [-0.05, 0) is 29.8 Å². The molecule has 17 heavy (non-hydrogen) atoms. The molecule has 0 fully saturated rings. The Morgan fingerprint density at radius 3 is 2.65 bits per heavy atom. The second-order valence-electron chi connectivity index (χ2n) is 3.48. The SMILES string of the molecule is Nc1onc(-c2ccco2)c1-c1ccncc1. The molecule has 84 valence electrons. The topological polar surface area (TPSA) is 78.1 Å². The normalized spacial score (nSPS) is 10.6. The maximum absolute atomic E-state index is 5.79. The molecule has 0 bridgehead atoms. The van der Waals surface area contributed by atoms with Crippen molar-refractivity contribution < 1.29 is 8.94 Å². The zero-order chi connectivity index (χ0) is 11.7. The molecule has 5 nitrogen and oxygen atoms in total. The average molecular weight is 227 g/mol. The number of anilines is 1. The van der Waals surface area contributed by atoms with E-state index in [9.17, 15) is 0 Å². The summed E-state index contributed by atoms with van der Waals surface area (Å²) in [4.78, 5) is 3.96. The van der Waals surface area contributed by atoms with Gasteiger partial charge in [0.05, 0.1) is 11.8 Å². The number of hydrogen-bond acceptors (Lipinski definition) is 5. The number of nitrogens with zero attached hydrogens (tertiary/aromatic N) is 2. The van der Waals surface area contributed by atoms with Crippen LogP contribution in [0.3, 0.4) is 0 Å². The fourth-order valence-corrected chi connectivity index (χ4v) is 1.68. The number of nitrogens with two attached hydrogens (primary N) is 1. The van der Waals surface area contributed by atoms with Gasteiger partial charge in [-0.25, -0.2) is 0 Å². The van der Waals surface area contributed by atoms with Crippen LogP contribution >= 0.6 is 0 Å². The van der Waals surface area contributed by atoms with Crippen LogP contribution in [0, 0.1) is 0 Å². The van der Waals surface area contributed by atoms with E-state index in [4.69, 9.17) is 14.7 Å². The lowest BCUT2D eigenvalue weighted by molar-refractivity contribution is 0.436. The molecular formula is C12H9N3O2. The molecule has 0 aromatic carbocycles. The minimum absolute atomic E-state index is 0.266. The summed E-state index contributed by atoms with van der Waals surface area (Å²) in [7, 11) is 0. The van der Waals surface area contributed by atoms with Crippen LogP contribution in [0.15, 0.2) is 51.9 Å². The van der Waals surface area contributed by atoms with Crippen molar-refractivity contribution in [2.45, 2.75) is 0 Å². The van der Waals surface area contributed by atoms with E-state index in [1.807, 2.05) is 18.2 Å². The minimum Gasteiger partial charge on any atom is -0.463 e. The third-order valence-corrected chi connectivity index (χ3v) is 2.44. The molecule has 0 aliphatic carbocycles. The van der Waals surface area contributed by atoms with E-state index in [2.05, 4.69) is 10.1 Å². The maximum atomic E-state index is 5.79. The summed E-state index contributed by atoms with van der Waals surface area (Å²) in [5.74, 6) is 0.889. The monoisotopic (exact) mass is 227 g/mol. The van der Waals surface area contributed by atoms with Gasteiger partial charge in [0.25, 0.3) is 0 Å². The van der Waals surface area contributed by atoms with Crippen molar-refractivity contribution in [2.24, 2.45) is 0 Å². The second kappa shape index (κ2) is 3.79. The van der Waals surface area contributed by atoms with Crippen molar-refractivity contribution in [2.75, 3.05) is 5.73 Å². The molecule has 5 heteroatoms. The highest BCUT2D eigenvalue weighted by atomic mass is 16.5. The molecule has 0 aliphatic heterocycles. The standard InChI is InChI=1S/C12H9N3O2/c13-12-10(8-3-5-14-6-4-8)11(15-17-12)9-2-1-7-16-9/h1-7H,13H2. The molecule has 0 saturated carbocycles. The van der Waals surface area contributed by atoms with Gasteiger partial charge in [0, 0.05) is 12.4 Å². The molecule has 0 atom stereocenters. The average Bonchev–Trinajstić information content (AvgIpc) is 2.98. The van der Waals surface area contributed by atoms with Gasteiger partial charge in [0.2, 0.25) is 5.88 Å². The van der Waals surface area contributed by atoms with Crippen LogP contribution in [-0.4, -0.2) is 10.1 Å². The number of hydrogen-bond donors (Lipinski definition) is 1. The highest BCUT2D eigenvalue weighted by molar-refractivity contribution is 5.84. The summed E-state index contributed by atoms with van der Waals surface area (Å²) in [5, 5.41) is 3.92. The Morgan fingerprint density at radius 1 is 1.12 bits per heavy atom. The van der Waals surface area contributed by atoms with Gasteiger partial charge in [-0.2, -0.15) is 0 Å². The van der Waals surface area contributed by atoms with Crippen molar-refractivity contribution in [3.63, 3.8) is 0 Å². The van der Waals surface area contributed by atoms with Crippen LogP contribution in [0.2, 0.25) is 0 Å². The second-order valence-corrected chi connectivity index (χ2v) is 3.48. The number of pyridine rings is 1. The Hall–Kier alpha value is -2.56. The first kappa shape index (κ1) is 9.65. The van der Waals surface area contributed by atoms with E-state index in [-0.39, 0.29) is 5.88 Å². The summed E-state index contributed by atoms with van der Waals surface area (Å²) in [6, 6.07) is 7.28. The van der Waals surface area contributed by atoms with E-state index in [1.165, 1.54) is 0 Å². The molecule has 0 amide bonds. The van der Waals surface area contributed by atoms with E-state index in [0.29, 0.717) is 11.5 Å². The van der Waals surface area contributed by atoms with Crippen molar-refractivity contribution in [3.05, 3.63) is 42.9 Å². The largest absolute Gasteiger partial charge is 0.463 e. The third kappa shape index (κ3) is 1.57.